The molecular formula is C22H36O4. The molecule has 1 N–H and O–H groups in total. The first-order chi connectivity index (χ1) is 12.3. The van der Waals surface area contributed by atoms with Crippen LogP contribution >= 0.6 is 0 Å². The third kappa shape index (κ3) is 5.82. The molecule has 0 aliphatic carbocycles. The molecule has 4 nitrogen and oxygen atoms in total. The maximum Gasteiger partial charge on any atom is 0.171 e. The largest absolute Gasteiger partial charge is 0.494 e. The number of aliphatic hydroxyl groups is 1. The lowest BCUT2D eigenvalue weighted by molar-refractivity contribution is -0.132. The normalized spacial score (nSPS) is 12.9. The van der Waals surface area contributed by atoms with Crippen LogP contribution in [0.1, 0.15) is 70.1 Å². The molecule has 0 aromatic heterocycles. The minimum Gasteiger partial charge on any atom is -0.494 e. The molecule has 1 aromatic carbocycles. The smallest absolute Gasteiger partial charge is 0.171 e. The lowest BCUT2D eigenvalue weighted by Crippen LogP contribution is -2.38. The molecule has 0 saturated carbocycles. The number of ketones is 1. The molecule has 0 fully saturated rings. The van der Waals surface area contributed by atoms with Crippen molar-refractivity contribution in [2.45, 2.75) is 78.7 Å². The molecule has 1 unspecified atom stereocenters. The van der Waals surface area contributed by atoms with Crippen LogP contribution in [0.25, 0.3) is 0 Å². The molecule has 1 aromatic rings. The third-order valence-corrected chi connectivity index (χ3v) is 5.04. The van der Waals surface area contributed by atoms with Crippen LogP contribution in [0.5, 0.6) is 5.75 Å². The van der Waals surface area contributed by atoms with Crippen molar-refractivity contribution in [3.8, 4) is 5.75 Å². The summed E-state index contributed by atoms with van der Waals surface area (Å²) < 4.78 is 11.1. The SMILES string of the molecule is CCCCOCCCC(O)C(=O)C(C)(C)c1ccc(OCC)c(C)c1C. The van der Waals surface area contributed by atoms with E-state index in [1.54, 1.807) is 0 Å². The Morgan fingerprint density at radius 2 is 1.77 bits per heavy atom. The van der Waals surface area contributed by atoms with Gasteiger partial charge in [0.25, 0.3) is 0 Å². The quantitative estimate of drug-likeness (QED) is 0.555. The Bertz CT molecular complexity index is 578. The summed E-state index contributed by atoms with van der Waals surface area (Å²) in [5.41, 5.74) is 2.29. The number of rotatable bonds is 12. The van der Waals surface area contributed by atoms with Gasteiger partial charge in [0.05, 0.1) is 12.0 Å². The molecular weight excluding hydrogens is 328 g/mol. The van der Waals surface area contributed by atoms with Crippen LogP contribution in [0.4, 0.5) is 0 Å². The zero-order valence-corrected chi connectivity index (χ0v) is 17.4. The number of ether oxygens (including phenoxy) is 2. The Balaban J connectivity index is 2.76. The highest BCUT2D eigenvalue weighted by Crippen LogP contribution is 2.34. The molecule has 0 saturated heterocycles. The van der Waals surface area contributed by atoms with E-state index in [1.807, 2.05) is 46.8 Å². The third-order valence-electron chi connectivity index (χ3n) is 5.04. The highest BCUT2D eigenvalue weighted by atomic mass is 16.5. The van der Waals surface area contributed by atoms with E-state index in [9.17, 15) is 9.90 Å². The van der Waals surface area contributed by atoms with Gasteiger partial charge in [-0.25, -0.2) is 0 Å². The van der Waals surface area contributed by atoms with Crippen molar-refractivity contribution >= 4 is 5.78 Å². The van der Waals surface area contributed by atoms with Gasteiger partial charge in [0.1, 0.15) is 11.9 Å². The van der Waals surface area contributed by atoms with Crippen molar-refractivity contribution in [3.63, 3.8) is 0 Å². The molecule has 0 aliphatic heterocycles. The van der Waals surface area contributed by atoms with E-state index >= 15 is 0 Å². The molecule has 4 heteroatoms. The van der Waals surface area contributed by atoms with E-state index in [1.165, 1.54) is 0 Å². The van der Waals surface area contributed by atoms with Gasteiger partial charge in [-0.05, 0) is 76.6 Å². The van der Waals surface area contributed by atoms with E-state index < -0.39 is 11.5 Å². The molecule has 26 heavy (non-hydrogen) atoms. The van der Waals surface area contributed by atoms with Gasteiger partial charge >= 0.3 is 0 Å². The molecule has 1 atom stereocenters. The molecule has 0 spiro atoms. The first kappa shape index (κ1) is 22.7. The average Bonchev–Trinajstić information content (AvgIpc) is 2.61. The fraction of sp³-hybridized carbons (Fsp3) is 0.682. The standard InChI is InChI=1S/C22H36O4/c1-7-9-14-25-15-10-11-19(23)21(24)22(5,6)18-12-13-20(26-8-2)17(4)16(18)3/h12-13,19,23H,7-11,14-15H2,1-6H3. The van der Waals surface area contributed by atoms with E-state index in [-0.39, 0.29) is 5.78 Å². The summed E-state index contributed by atoms with van der Waals surface area (Å²) in [4.78, 5) is 12.9. The van der Waals surface area contributed by atoms with Gasteiger partial charge in [-0.2, -0.15) is 0 Å². The second-order valence-electron chi connectivity index (χ2n) is 7.41. The Hall–Kier alpha value is -1.39. The molecule has 0 aliphatic rings. The van der Waals surface area contributed by atoms with Crippen LogP contribution in [0.3, 0.4) is 0 Å². The van der Waals surface area contributed by atoms with E-state index in [0.29, 0.717) is 26.1 Å². The summed E-state index contributed by atoms with van der Waals surface area (Å²) in [5, 5.41) is 10.4. The summed E-state index contributed by atoms with van der Waals surface area (Å²) in [6.07, 6.45) is 2.31. The highest BCUT2D eigenvalue weighted by molar-refractivity contribution is 5.93. The fourth-order valence-corrected chi connectivity index (χ4v) is 3.19. The minimum absolute atomic E-state index is 0.141. The van der Waals surface area contributed by atoms with E-state index in [4.69, 9.17) is 9.47 Å². The van der Waals surface area contributed by atoms with Crippen molar-refractivity contribution < 1.29 is 19.4 Å². The van der Waals surface area contributed by atoms with Gasteiger partial charge in [-0.1, -0.05) is 19.4 Å². The Morgan fingerprint density at radius 1 is 1.12 bits per heavy atom. The van der Waals surface area contributed by atoms with Gasteiger partial charge < -0.3 is 14.6 Å². The number of Topliss-reactive ketones (excluding diaryl/α,β-unsaturated/α-hetero) is 1. The summed E-state index contributed by atoms with van der Waals surface area (Å²) in [6, 6.07) is 3.87. The molecule has 148 valence electrons. The Kier molecular flexibility index (Phi) is 9.31. The van der Waals surface area contributed by atoms with Crippen molar-refractivity contribution in [1.82, 2.24) is 0 Å². The first-order valence-electron chi connectivity index (χ1n) is 9.80. The maximum atomic E-state index is 12.9. The molecule has 0 amide bonds. The second kappa shape index (κ2) is 10.7. The number of hydrogen-bond acceptors (Lipinski definition) is 4. The van der Waals surface area contributed by atoms with Crippen LogP contribution in [0.15, 0.2) is 12.1 Å². The second-order valence-corrected chi connectivity index (χ2v) is 7.41. The van der Waals surface area contributed by atoms with Gasteiger partial charge in [0, 0.05) is 13.2 Å². The predicted molar refractivity (Wildman–Crippen MR) is 106 cm³/mol. The molecule has 0 heterocycles. The summed E-state index contributed by atoms with van der Waals surface area (Å²) in [7, 11) is 0. The van der Waals surface area contributed by atoms with Gasteiger partial charge in [0.2, 0.25) is 0 Å². The molecule has 1 rings (SSSR count). The van der Waals surface area contributed by atoms with Crippen molar-refractivity contribution in [2.75, 3.05) is 19.8 Å². The molecule has 0 radical (unpaired) electrons. The lowest BCUT2D eigenvalue weighted by atomic mass is 9.75. The van der Waals surface area contributed by atoms with Gasteiger partial charge in [-0.3, -0.25) is 4.79 Å². The summed E-state index contributed by atoms with van der Waals surface area (Å²) >= 11 is 0. The fourth-order valence-electron chi connectivity index (χ4n) is 3.19. The Labute approximate surface area is 158 Å². The van der Waals surface area contributed by atoms with Crippen molar-refractivity contribution in [1.29, 1.82) is 0 Å². The number of unbranched alkanes of at least 4 members (excludes halogenated alkanes) is 1. The highest BCUT2D eigenvalue weighted by Gasteiger charge is 2.35. The van der Waals surface area contributed by atoms with E-state index in [0.717, 1.165) is 41.9 Å². The van der Waals surface area contributed by atoms with Gasteiger partial charge in [0.15, 0.2) is 5.78 Å². The molecule has 0 bridgehead atoms. The van der Waals surface area contributed by atoms with Crippen LogP contribution in [0.2, 0.25) is 0 Å². The Morgan fingerprint density at radius 3 is 2.38 bits per heavy atom. The number of carbonyl (C=O) groups is 1. The van der Waals surface area contributed by atoms with Crippen LogP contribution in [-0.4, -0.2) is 36.8 Å². The monoisotopic (exact) mass is 364 g/mol. The average molecular weight is 365 g/mol. The topological polar surface area (TPSA) is 55.8 Å². The van der Waals surface area contributed by atoms with Crippen LogP contribution < -0.4 is 4.74 Å². The van der Waals surface area contributed by atoms with Gasteiger partial charge in [-0.15, -0.1) is 0 Å². The first-order valence-corrected chi connectivity index (χ1v) is 9.80. The summed E-state index contributed by atoms with van der Waals surface area (Å²) in [5.74, 6) is 0.708. The van der Waals surface area contributed by atoms with E-state index in [2.05, 4.69) is 6.92 Å². The zero-order chi connectivity index (χ0) is 19.7. The number of benzene rings is 1. The number of aliphatic hydroxyl groups excluding tert-OH is 1. The lowest BCUT2D eigenvalue weighted by Gasteiger charge is -2.29. The minimum atomic E-state index is -0.967. The maximum absolute atomic E-state index is 12.9. The van der Waals surface area contributed by atoms with Crippen molar-refractivity contribution in [3.05, 3.63) is 28.8 Å². The zero-order valence-electron chi connectivity index (χ0n) is 17.4. The van der Waals surface area contributed by atoms with Crippen LogP contribution in [-0.2, 0) is 14.9 Å². The number of hydrogen-bond donors (Lipinski definition) is 1. The number of carbonyl (C=O) groups excluding carboxylic acids is 1. The predicted octanol–water partition coefficient (Wildman–Crippen LogP) is 4.51. The van der Waals surface area contributed by atoms with Crippen molar-refractivity contribution in [2.24, 2.45) is 0 Å². The van der Waals surface area contributed by atoms with Crippen LogP contribution in [0, 0.1) is 13.8 Å². The summed E-state index contributed by atoms with van der Waals surface area (Å²) in [6.45, 7) is 13.8.